The number of para-hydroxylation sites is 1. The summed E-state index contributed by atoms with van der Waals surface area (Å²) < 4.78 is 6.79. The third-order valence-corrected chi connectivity index (χ3v) is 4.14. The van der Waals surface area contributed by atoms with Gasteiger partial charge in [0.2, 0.25) is 0 Å². The Kier molecular flexibility index (Phi) is 5.51. The minimum atomic E-state index is -0.631. The lowest BCUT2D eigenvalue weighted by Crippen LogP contribution is -2.21. The first-order chi connectivity index (χ1) is 13.5. The predicted molar refractivity (Wildman–Crippen MR) is 103 cm³/mol. The first kappa shape index (κ1) is 18.9. The predicted octanol–water partition coefficient (Wildman–Crippen LogP) is 3.16. The van der Waals surface area contributed by atoms with Crippen molar-refractivity contribution in [2.75, 3.05) is 11.9 Å². The first-order valence-electron chi connectivity index (χ1n) is 8.58. The highest BCUT2D eigenvalue weighted by molar-refractivity contribution is 5.96. The molecule has 0 saturated carbocycles. The van der Waals surface area contributed by atoms with Crippen molar-refractivity contribution in [2.24, 2.45) is 0 Å². The number of anilines is 1. The van der Waals surface area contributed by atoms with Crippen LogP contribution in [0.3, 0.4) is 0 Å². The SMILES string of the molecule is Cc1nn(-c2ccccc2)c(C)c1NC(=O)COC(=O)c1ccc(C#N)cc1. The number of nitrogens with zero attached hydrogens (tertiary/aromatic N) is 3. The molecule has 1 N–H and O–H groups in total. The molecule has 28 heavy (non-hydrogen) atoms. The molecule has 1 amide bonds. The van der Waals surface area contributed by atoms with Gasteiger partial charge < -0.3 is 10.1 Å². The summed E-state index contributed by atoms with van der Waals surface area (Å²) in [4.78, 5) is 24.3. The highest BCUT2D eigenvalue weighted by Gasteiger charge is 2.16. The van der Waals surface area contributed by atoms with Crippen LogP contribution in [0.15, 0.2) is 54.6 Å². The van der Waals surface area contributed by atoms with E-state index >= 15 is 0 Å². The number of hydrogen-bond donors (Lipinski definition) is 1. The Hall–Kier alpha value is -3.92. The molecule has 7 nitrogen and oxygen atoms in total. The number of carbonyl (C=O) groups is 2. The minimum Gasteiger partial charge on any atom is -0.452 e. The summed E-state index contributed by atoms with van der Waals surface area (Å²) >= 11 is 0. The molecule has 3 rings (SSSR count). The van der Waals surface area contributed by atoms with Crippen molar-refractivity contribution in [3.8, 4) is 11.8 Å². The van der Waals surface area contributed by atoms with Gasteiger partial charge in [0.05, 0.1) is 40.0 Å². The fourth-order valence-electron chi connectivity index (χ4n) is 2.71. The van der Waals surface area contributed by atoms with Crippen molar-refractivity contribution in [3.05, 3.63) is 77.1 Å². The standard InChI is InChI=1S/C21H18N4O3/c1-14-20(15(2)25(24-14)18-6-4-3-5-7-18)23-19(26)13-28-21(27)17-10-8-16(12-22)9-11-17/h3-11H,13H2,1-2H3,(H,23,26). The van der Waals surface area contributed by atoms with Gasteiger partial charge in [0.1, 0.15) is 0 Å². The summed E-state index contributed by atoms with van der Waals surface area (Å²) in [6.45, 7) is 3.23. The van der Waals surface area contributed by atoms with Crippen LogP contribution in [-0.2, 0) is 9.53 Å². The van der Waals surface area contributed by atoms with E-state index in [1.54, 1.807) is 11.6 Å². The van der Waals surface area contributed by atoms with Crippen LogP contribution >= 0.6 is 0 Å². The number of carbonyl (C=O) groups excluding carboxylic acids is 2. The van der Waals surface area contributed by atoms with Gasteiger partial charge in [-0.1, -0.05) is 18.2 Å². The van der Waals surface area contributed by atoms with Gasteiger partial charge in [-0.05, 0) is 50.2 Å². The van der Waals surface area contributed by atoms with Crippen molar-refractivity contribution >= 4 is 17.6 Å². The molecule has 0 bridgehead atoms. The summed E-state index contributed by atoms with van der Waals surface area (Å²) in [5, 5.41) is 16.0. The fraction of sp³-hybridized carbons (Fsp3) is 0.143. The van der Waals surface area contributed by atoms with E-state index in [1.807, 2.05) is 43.3 Å². The lowest BCUT2D eigenvalue weighted by molar-refractivity contribution is -0.119. The van der Waals surface area contributed by atoms with E-state index in [2.05, 4.69) is 10.4 Å². The average molecular weight is 374 g/mol. The zero-order valence-electron chi connectivity index (χ0n) is 15.5. The Morgan fingerprint density at radius 1 is 1.11 bits per heavy atom. The second kappa shape index (κ2) is 8.18. The summed E-state index contributed by atoms with van der Waals surface area (Å²) in [7, 11) is 0. The van der Waals surface area contributed by atoms with Crippen LogP contribution in [0.2, 0.25) is 0 Å². The van der Waals surface area contributed by atoms with E-state index < -0.39 is 18.5 Å². The van der Waals surface area contributed by atoms with Gasteiger partial charge in [0.25, 0.3) is 5.91 Å². The number of hydrogen-bond acceptors (Lipinski definition) is 5. The number of benzene rings is 2. The van der Waals surface area contributed by atoms with Gasteiger partial charge in [0.15, 0.2) is 6.61 Å². The van der Waals surface area contributed by atoms with E-state index in [-0.39, 0.29) is 5.56 Å². The van der Waals surface area contributed by atoms with Gasteiger partial charge in [-0.2, -0.15) is 10.4 Å². The number of aromatic nitrogens is 2. The molecule has 0 unspecified atom stereocenters. The van der Waals surface area contributed by atoms with Crippen LogP contribution in [0.4, 0.5) is 5.69 Å². The first-order valence-corrected chi connectivity index (χ1v) is 8.58. The molecule has 0 saturated heterocycles. The number of esters is 1. The third kappa shape index (κ3) is 4.07. The van der Waals surface area contributed by atoms with Crippen LogP contribution in [0, 0.1) is 25.2 Å². The Labute approximate surface area is 162 Å². The highest BCUT2D eigenvalue weighted by Crippen LogP contribution is 2.22. The van der Waals surface area contributed by atoms with Crippen molar-refractivity contribution in [2.45, 2.75) is 13.8 Å². The fourth-order valence-corrected chi connectivity index (χ4v) is 2.71. The number of nitrogens with one attached hydrogen (secondary N) is 1. The van der Waals surface area contributed by atoms with E-state index in [4.69, 9.17) is 10.00 Å². The van der Waals surface area contributed by atoms with E-state index in [9.17, 15) is 9.59 Å². The summed E-state index contributed by atoms with van der Waals surface area (Å²) in [5.41, 5.74) is 3.62. The van der Waals surface area contributed by atoms with Crippen molar-refractivity contribution < 1.29 is 14.3 Å². The molecule has 0 spiro atoms. The number of aryl methyl sites for hydroxylation is 1. The maximum Gasteiger partial charge on any atom is 0.338 e. The molecule has 2 aromatic carbocycles. The van der Waals surface area contributed by atoms with Gasteiger partial charge in [-0.3, -0.25) is 4.79 Å². The molecule has 0 aliphatic heterocycles. The molecular weight excluding hydrogens is 356 g/mol. The Morgan fingerprint density at radius 2 is 1.79 bits per heavy atom. The molecule has 0 aliphatic carbocycles. The van der Waals surface area contributed by atoms with Crippen molar-refractivity contribution in [3.63, 3.8) is 0 Å². The Balaban J connectivity index is 1.64. The molecule has 0 aliphatic rings. The minimum absolute atomic E-state index is 0.274. The topological polar surface area (TPSA) is 97.0 Å². The molecule has 0 atom stereocenters. The van der Waals surface area contributed by atoms with Crippen LogP contribution in [0.1, 0.15) is 27.3 Å². The number of nitriles is 1. The maximum atomic E-state index is 12.2. The summed E-state index contributed by atoms with van der Waals surface area (Å²) in [6.07, 6.45) is 0. The number of ether oxygens (including phenoxy) is 1. The number of amides is 1. The molecule has 7 heteroatoms. The zero-order chi connectivity index (χ0) is 20.1. The van der Waals surface area contributed by atoms with E-state index in [0.29, 0.717) is 16.9 Å². The monoisotopic (exact) mass is 374 g/mol. The van der Waals surface area contributed by atoms with Gasteiger partial charge >= 0.3 is 5.97 Å². The smallest absolute Gasteiger partial charge is 0.338 e. The highest BCUT2D eigenvalue weighted by atomic mass is 16.5. The zero-order valence-corrected chi connectivity index (χ0v) is 15.5. The normalized spacial score (nSPS) is 10.2. The molecule has 0 fully saturated rings. The molecular formula is C21H18N4O3. The quantitative estimate of drug-likeness (QED) is 0.692. The molecule has 1 aromatic heterocycles. The van der Waals surface area contributed by atoms with Crippen molar-refractivity contribution in [1.29, 1.82) is 5.26 Å². The largest absolute Gasteiger partial charge is 0.452 e. The maximum absolute atomic E-state index is 12.2. The number of rotatable bonds is 5. The van der Waals surface area contributed by atoms with Crippen LogP contribution in [0.5, 0.6) is 0 Å². The lowest BCUT2D eigenvalue weighted by atomic mass is 10.1. The summed E-state index contributed by atoms with van der Waals surface area (Å²) in [6, 6.07) is 17.5. The van der Waals surface area contributed by atoms with E-state index in [0.717, 1.165) is 11.4 Å². The van der Waals surface area contributed by atoms with Crippen LogP contribution in [-0.4, -0.2) is 28.3 Å². The van der Waals surface area contributed by atoms with Gasteiger partial charge in [-0.25, -0.2) is 9.48 Å². The molecule has 0 radical (unpaired) electrons. The second-order valence-corrected chi connectivity index (χ2v) is 6.11. The Morgan fingerprint density at radius 3 is 2.43 bits per heavy atom. The van der Waals surface area contributed by atoms with Gasteiger partial charge in [-0.15, -0.1) is 0 Å². The Bertz CT molecular complexity index is 1050. The van der Waals surface area contributed by atoms with E-state index in [1.165, 1.54) is 24.3 Å². The third-order valence-electron chi connectivity index (χ3n) is 4.14. The molecule has 3 aromatic rings. The van der Waals surface area contributed by atoms with Crippen LogP contribution in [0.25, 0.3) is 5.69 Å². The van der Waals surface area contributed by atoms with Crippen LogP contribution < -0.4 is 5.32 Å². The van der Waals surface area contributed by atoms with Crippen molar-refractivity contribution in [1.82, 2.24) is 9.78 Å². The lowest BCUT2D eigenvalue weighted by Gasteiger charge is -2.08. The second-order valence-electron chi connectivity index (χ2n) is 6.11. The molecule has 1 heterocycles. The van der Waals surface area contributed by atoms with Gasteiger partial charge in [0, 0.05) is 0 Å². The summed E-state index contributed by atoms with van der Waals surface area (Å²) in [5.74, 6) is -1.09. The average Bonchev–Trinajstić information content (AvgIpc) is 3.01. The molecule has 140 valence electrons.